The molecule has 0 unspecified atom stereocenters. The van der Waals surface area contributed by atoms with E-state index in [1.807, 2.05) is 19.2 Å². The molecule has 1 aromatic heterocycles. The second kappa shape index (κ2) is 7.04. The molecule has 1 N–H and O–H groups in total. The molecule has 2 rings (SSSR count). The van der Waals surface area contributed by atoms with Gasteiger partial charge in [0.05, 0.1) is 5.69 Å². The van der Waals surface area contributed by atoms with Crippen molar-refractivity contribution in [2.75, 3.05) is 18.1 Å². The number of amides is 1. The maximum absolute atomic E-state index is 12.5. The van der Waals surface area contributed by atoms with Gasteiger partial charge >= 0.3 is 5.97 Å². The van der Waals surface area contributed by atoms with Crippen molar-refractivity contribution in [1.29, 1.82) is 0 Å². The molecule has 0 atom stereocenters. The minimum atomic E-state index is -1.04. The molecule has 0 radical (unpaired) electrons. The number of anilines is 1. The van der Waals surface area contributed by atoms with Crippen LogP contribution in [0.1, 0.15) is 23.0 Å². The zero-order valence-corrected chi connectivity index (χ0v) is 13.1. The largest absolute Gasteiger partial charge is 0.482 e. The van der Waals surface area contributed by atoms with Gasteiger partial charge in [-0.05, 0) is 38.1 Å². The standard InChI is InChI=1S/C15H16N2O4S/c1-3-17(15-16-10(2)9-22-15)14(20)11-4-6-12(7-5-11)21-8-13(18)19/h4-7,9H,3,8H2,1-2H3,(H,18,19). The fourth-order valence-electron chi connectivity index (χ4n) is 1.83. The number of benzene rings is 1. The molecule has 0 saturated carbocycles. The lowest BCUT2D eigenvalue weighted by molar-refractivity contribution is -0.139. The van der Waals surface area contributed by atoms with E-state index >= 15 is 0 Å². The molecular weight excluding hydrogens is 304 g/mol. The van der Waals surface area contributed by atoms with Crippen LogP contribution in [0, 0.1) is 6.92 Å². The van der Waals surface area contributed by atoms with Crippen LogP contribution < -0.4 is 9.64 Å². The first kappa shape index (κ1) is 16.0. The van der Waals surface area contributed by atoms with Crippen molar-refractivity contribution in [3.63, 3.8) is 0 Å². The van der Waals surface area contributed by atoms with Crippen molar-refractivity contribution in [3.05, 3.63) is 40.9 Å². The highest BCUT2D eigenvalue weighted by molar-refractivity contribution is 7.14. The van der Waals surface area contributed by atoms with Gasteiger partial charge in [-0.2, -0.15) is 0 Å². The van der Waals surface area contributed by atoms with Crippen molar-refractivity contribution in [2.24, 2.45) is 0 Å². The molecular formula is C15H16N2O4S. The van der Waals surface area contributed by atoms with E-state index in [0.717, 1.165) is 5.69 Å². The van der Waals surface area contributed by atoms with Crippen LogP contribution in [0.2, 0.25) is 0 Å². The number of nitrogens with zero attached hydrogens (tertiary/aromatic N) is 2. The summed E-state index contributed by atoms with van der Waals surface area (Å²) in [5, 5.41) is 11.1. The predicted octanol–water partition coefficient (Wildman–Crippen LogP) is 2.58. The summed E-state index contributed by atoms with van der Waals surface area (Å²) in [6.07, 6.45) is 0. The van der Waals surface area contributed by atoms with E-state index in [0.29, 0.717) is 23.0 Å². The number of hydrogen-bond donors (Lipinski definition) is 1. The Morgan fingerprint density at radius 2 is 2.00 bits per heavy atom. The zero-order chi connectivity index (χ0) is 16.1. The molecule has 0 aliphatic heterocycles. The summed E-state index contributed by atoms with van der Waals surface area (Å²) in [6, 6.07) is 6.39. The molecule has 1 aromatic carbocycles. The Labute approximate surface area is 132 Å². The summed E-state index contributed by atoms with van der Waals surface area (Å²) < 4.78 is 5.04. The summed E-state index contributed by atoms with van der Waals surface area (Å²) in [4.78, 5) is 28.9. The van der Waals surface area contributed by atoms with E-state index in [4.69, 9.17) is 9.84 Å². The number of thiazole rings is 1. The van der Waals surface area contributed by atoms with E-state index in [2.05, 4.69) is 4.98 Å². The van der Waals surface area contributed by atoms with E-state index < -0.39 is 12.6 Å². The third-order valence-electron chi connectivity index (χ3n) is 2.86. The fourth-order valence-corrected chi connectivity index (χ4v) is 2.69. The number of aliphatic carboxylic acids is 1. The molecule has 0 aliphatic carbocycles. The Morgan fingerprint density at radius 1 is 1.32 bits per heavy atom. The predicted molar refractivity (Wildman–Crippen MR) is 83.8 cm³/mol. The van der Waals surface area contributed by atoms with Gasteiger partial charge in [-0.3, -0.25) is 9.69 Å². The summed E-state index contributed by atoms with van der Waals surface area (Å²) in [7, 11) is 0. The topological polar surface area (TPSA) is 79.7 Å². The lowest BCUT2D eigenvalue weighted by Crippen LogP contribution is -2.30. The van der Waals surface area contributed by atoms with Gasteiger partial charge in [-0.1, -0.05) is 0 Å². The second-order valence-electron chi connectivity index (χ2n) is 4.53. The Hall–Kier alpha value is -2.41. The number of carbonyl (C=O) groups is 2. The van der Waals surface area contributed by atoms with E-state index in [1.54, 1.807) is 29.2 Å². The Bertz CT molecular complexity index is 666. The lowest BCUT2D eigenvalue weighted by Gasteiger charge is -2.17. The molecule has 0 saturated heterocycles. The number of aromatic nitrogens is 1. The van der Waals surface area contributed by atoms with E-state index in [-0.39, 0.29) is 5.91 Å². The molecule has 7 heteroatoms. The molecule has 6 nitrogen and oxygen atoms in total. The summed E-state index contributed by atoms with van der Waals surface area (Å²) in [5.74, 6) is -0.787. The fraction of sp³-hybridized carbons (Fsp3) is 0.267. The van der Waals surface area contributed by atoms with Crippen molar-refractivity contribution in [1.82, 2.24) is 4.98 Å². The minimum absolute atomic E-state index is 0.151. The van der Waals surface area contributed by atoms with Crippen molar-refractivity contribution in [3.8, 4) is 5.75 Å². The summed E-state index contributed by atoms with van der Waals surface area (Å²) >= 11 is 1.42. The third kappa shape index (κ3) is 3.82. The van der Waals surface area contributed by atoms with Crippen molar-refractivity contribution in [2.45, 2.75) is 13.8 Å². The molecule has 1 heterocycles. The van der Waals surface area contributed by atoms with Gasteiger partial charge in [-0.25, -0.2) is 9.78 Å². The number of rotatable bonds is 6. The molecule has 0 bridgehead atoms. The molecule has 0 spiro atoms. The zero-order valence-electron chi connectivity index (χ0n) is 12.3. The van der Waals surface area contributed by atoms with Crippen LogP contribution in [0.5, 0.6) is 5.75 Å². The van der Waals surface area contributed by atoms with Crippen LogP contribution in [0.4, 0.5) is 5.13 Å². The molecule has 0 aliphatic rings. The van der Waals surface area contributed by atoms with Gasteiger partial charge in [0.25, 0.3) is 5.91 Å². The van der Waals surface area contributed by atoms with Gasteiger partial charge in [0.15, 0.2) is 11.7 Å². The maximum atomic E-state index is 12.5. The first-order valence-corrected chi connectivity index (χ1v) is 7.58. The van der Waals surface area contributed by atoms with Crippen LogP contribution in [0.15, 0.2) is 29.6 Å². The molecule has 22 heavy (non-hydrogen) atoms. The SMILES string of the molecule is CCN(C(=O)c1ccc(OCC(=O)O)cc1)c1nc(C)cs1. The summed E-state index contributed by atoms with van der Waals surface area (Å²) in [5.41, 5.74) is 1.38. The van der Waals surface area contributed by atoms with Crippen LogP contribution in [-0.4, -0.2) is 35.1 Å². The highest BCUT2D eigenvalue weighted by atomic mass is 32.1. The first-order chi connectivity index (χ1) is 10.5. The van der Waals surface area contributed by atoms with Crippen LogP contribution >= 0.6 is 11.3 Å². The monoisotopic (exact) mass is 320 g/mol. The summed E-state index contributed by atoms with van der Waals surface area (Å²) in [6.45, 7) is 3.88. The van der Waals surface area contributed by atoms with Crippen LogP contribution in [0.25, 0.3) is 0 Å². The van der Waals surface area contributed by atoms with Gasteiger partial charge < -0.3 is 9.84 Å². The number of hydrogen-bond acceptors (Lipinski definition) is 5. The van der Waals surface area contributed by atoms with Gasteiger partial charge in [0, 0.05) is 17.5 Å². The molecule has 0 fully saturated rings. The normalized spacial score (nSPS) is 10.3. The molecule has 116 valence electrons. The number of ether oxygens (including phenoxy) is 1. The number of carboxylic acid groups (broad SMARTS) is 1. The van der Waals surface area contributed by atoms with E-state index in [1.165, 1.54) is 11.3 Å². The molecule has 1 amide bonds. The second-order valence-corrected chi connectivity index (χ2v) is 5.36. The maximum Gasteiger partial charge on any atom is 0.341 e. The third-order valence-corrected chi connectivity index (χ3v) is 3.84. The van der Waals surface area contributed by atoms with Crippen LogP contribution in [-0.2, 0) is 4.79 Å². The van der Waals surface area contributed by atoms with E-state index in [9.17, 15) is 9.59 Å². The van der Waals surface area contributed by atoms with Crippen LogP contribution in [0.3, 0.4) is 0 Å². The number of carbonyl (C=O) groups excluding carboxylic acids is 1. The lowest BCUT2D eigenvalue weighted by atomic mass is 10.2. The average molecular weight is 320 g/mol. The highest BCUT2D eigenvalue weighted by Gasteiger charge is 2.18. The highest BCUT2D eigenvalue weighted by Crippen LogP contribution is 2.22. The first-order valence-electron chi connectivity index (χ1n) is 6.70. The number of carboxylic acids is 1. The van der Waals surface area contributed by atoms with Gasteiger partial charge in [0.1, 0.15) is 5.75 Å². The quantitative estimate of drug-likeness (QED) is 0.885. The van der Waals surface area contributed by atoms with Gasteiger partial charge in [0.2, 0.25) is 0 Å². The Morgan fingerprint density at radius 3 is 2.50 bits per heavy atom. The Balaban J connectivity index is 2.12. The average Bonchev–Trinajstić information content (AvgIpc) is 2.92. The number of aryl methyl sites for hydroxylation is 1. The smallest absolute Gasteiger partial charge is 0.341 e. The van der Waals surface area contributed by atoms with Crippen molar-refractivity contribution < 1.29 is 19.4 Å². The molecule has 2 aromatic rings. The van der Waals surface area contributed by atoms with Crippen molar-refractivity contribution >= 4 is 28.3 Å². The Kier molecular flexibility index (Phi) is 5.11. The van der Waals surface area contributed by atoms with Gasteiger partial charge in [-0.15, -0.1) is 11.3 Å². The minimum Gasteiger partial charge on any atom is -0.482 e.